The fraction of sp³-hybridized carbons (Fsp3) is 0. The Labute approximate surface area is 180 Å². The number of hydrogen-bond donors (Lipinski definition) is 1. The zero-order valence-corrected chi connectivity index (χ0v) is 17.1. The molecule has 0 saturated carbocycles. The van der Waals surface area contributed by atoms with E-state index in [1.165, 1.54) is 6.20 Å². The van der Waals surface area contributed by atoms with Gasteiger partial charge in [-0.3, -0.25) is 4.79 Å². The van der Waals surface area contributed by atoms with Gasteiger partial charge in [-0.05, 0) is 54.6 Å². The highest BCUT2D eigenvalue weighted by Gasteiger charge is 2.08. The van der Waals surface area contributed by atoms with E-state index in [0.29, 0.717) is 28.6 Å². The Kier molecular flexibility index (Phi) is 5.95. The molecule has 0 fully saturated rings. The van der Waals surface area contributed by atoms with Crippen LogP contribution in [0.4, 0.5) is 5.69 Å². The van der Waals surface area contributed by atoms with Crippen molar-refractivity contribution in [3.63, 3.8) is 0 Å². The Morgan fingerprint density at radius 1 is 0.833 bits per heavy atom. The first kappa shape index (κ1) is 19.5. The van der Waals surface area contributed by atoms with E-state index in [-0.39, 0.29) is 11.9 Å². The van der Waals surface area contributed by atoms with Crippen LogP contribution in [-0.4, -0.2) is 20.9 Å². The predicted octanol–water partition coefficient (Wildman–Crippen LogP) is 5.47. The number of rotatable bonds is 6. The lowest BCUT2D eigenvalue weighted by atomic mass is 10.2. The first-order valence-corrected chi connectivity index (χ1v) is 9.71. The summed E-state index contributed by atoms with van der Waals surface area (Å²) in [4.78, 5) is 24.6. The molecule has 0 spiro atoms. The van der Waals surface area contributed by atoms with Crippen LogP contribution in [-0.2, 0) is 0 Å². The van der Waals surface area contributed by atoms with Crippen molar-refractivity contribution < 1.29 is 14.3 Å². The number of amides is 1. The van der Waals surface area contributed by atoms with Gasteiger partial charge in [0.25, 0.3) is 5.91 Å². The molecule has 0 radical (unpaired) electrons. The normalized spacial score (nSPS) is 10.3. The molecular weight excluding hydrogens is 448 g/mol. The van der Waals surface area contributed by atoms with Gasteiger partial charge < -0.3 is 14.8 Å². The van der Waals surface area contributed by atoms with Crippen LogP contribution >= 0.6 is 15.9 Å². The lowest BCUT2D eigenvalue weighted by molar-refractivity contribution is 0.102. The lowest BCUT2D eigenvalue weighted by Crippen LogP contribution is -2.12. The summed E-state index contributed by atoms with van der Waals surface area (Å²) in [6.45, 7) is 0. The highest BCUT2D eigenvalue weighted by molar-refractivity contribution is 9.10. The van der Waals surface area contributed by atoms with E-state index in [0.717, 1.165) is 4.47 Å². The summed E-state index contributed by atoms with van der Waals surface area (Å²) in [5.74, 6) is 1.33. The Morgan fingerprint density at radius 2 is 1.63 bits per heavy atom. The molecule has 0 aliphatic carbocycles. The van der Waals surface area contributed by atoms with Crippen molar-refractivity contribution in [2.45, 2.75) is 0 Å². The SMILES string of the molecule is O=C(Nc1ccc(Oc2ncccn2)cc1)c1ccc(Oc2cccc(Br)c2)nc1. The lowest BCUT2D eigenvalue weighted by Gasteiger charge is -2.08. The minimum atomic E-state index is -0.281. The molecule has 7 nitrogen and oxygen atoms in total. The van der Waals surface area contributed by atoms with Crippen molar-refractivity contribution in [2.75, 3.05) is 5.32 Å². The third-order valence-corrected chi connectivity index (χ3v) is 4.37. The van der Waals surface area contributed by atoms with Crippen molar-refractivity contribution in [2.24, 2.45) is 0 Å². The van der Waals surface area contributed by atoms with Gasteiger partial charge in [-0.2, -0.15) is 0 Å². The summed E-state index contributed by atoms with van der Waals surface area (Å²) in [5.41, 5.74) is 1.03. The minimum Gasteiger partial charge on any atom is -0.439 e. The summed E-state index contributed by atoms with van der Waals surface area (Å²) in [6, 6.07) is 19.6. The number of pyridine rings is 1. The maximum atomic E-state index is 12.5. The smallest absolute Gasteiger partial charge is 0.321 e. The standard InChI is InChI=1S/C22H15BrN4O3/c23-16-3-1-4-19(13-16)29-20-10-5-15(14-26-20)21(28)27-17-6-8-18(9-7-17)30-22-24-11-2-12-25-22/h1-14H,(H,27,28). The van der Waals surface area contributed by atoms with Crippen molar-refractivity contribution in [3.05, 3.63) is 95.4 Å². The average Bonchev–Trinajstić information content (AvgIpc) is 2.76. The molecule has 0 aliphatic rings. The molecule has 0 aliphatic heterocycles. The molecule has 2 heterocycles. The molecule has 30 heavy (non-hydrogen) atoms. The molecule has 1 N–H and O–H groups in total. The first-order chi connectivity index (χ1) is 14.7. The summed E-state index contributed by atoms with van der Waals surface area (Å²) in [6.07, 6.45) is 4.66. The van der Waals surface area contributed by atoms with Crippen molar-refractivity contribution in [1.29, 1.82) is 0 Å². The molecule has 2 aromatic heterocycles. The molecule has 148 valence electrons. The summed E-state index contributed by atoms with van der Waals surface area (Å²) in [5, 5.41) is 2.81. The third-order valence-electron chi connectivity index (χ3n) is 3.88. The number of carbonyl (C=O) groups is 1. The van der Waals surface area contributed by atoms with E-state index in [9.17, 15) is 4.79 Å². The van der Waals surface area contributed by atoms with Crippen LogP contribution in [0.1, 0.15) is 10.4 Å². The average molecular weight is 463 g/mol. The second kappa shape index (κ2) is 9.15. The van der Waals surface area contributed by atoms with Gasteiger partial charge in [0, 0.05) is 34.8 Å². The van der Waals surface area contributed by atoms with Gasteiger partial charge in [0.15, 0.2) is 0 Å². The molecule has 0 unspecified atom stereocenters. The third kappa shape index (κ3) is 5.18. The molecule has 0 bridgehead atoms. The maximum Gasteiger partial charge on any atom is 0.321 e. The van der Waals surface area contributed by atoms with Gasteiger partial charge in [0.2, 0.25) is 5.88 Å². The van der Waals surface area contributed by atoms with Gasteiger partial charge in [0.1, 0.15) is 11.5 Å². The van der Waals surface area contributed by atoms with Crippen LogP contribution in [0.15, 0.2) is 89.8 Å². The quantitative estimate of drug-likeness (QED) is 0.408. The van der Waals surface area contributed by atoms with E-state index in [4.69, 9.17) is 9.47 Å². The van der Waals surface area contributed by atoms with Gasteiger partial charge >= 0.3 is 6.01 Å². The summed E-state index contributed by atoms with van der Waals surface area (Å²) >= 11 is 3.39. The number of carbonyl (C=O) groups excluding carboxylic acids is 1. The van der Waals surface area contributed by atoms with Gasteiger partial charge in [-0.25, -0.2) is 15.0 Å². The van der Waals surface area contributed by atoms with Crippen LogP contribution in [0.25, 0.3) is 0 Å². The monoisotopic (exact) mass is 462 g/mol. The van der Waals surface area contributed by atoms with E-state index >= 15 is 0 Å². The number of ether oxygens (including phenoxy) is 2. The molecule has 8 heteroatoms. The van der Waals surface area contributed by atoms with Gasteiger partial charge in [-0.1, -0.05) is 22.0 Å². The number of aromatic nitrogens is 3. The predicted molar refractivity (Wildman–Crippen MR) is 115 cm³/mol. The Balaban J connectivity index is 1.36. The van der Waals surface area contributed by atoms with E-state index in [1.807, 2.05) is 24.3 Å². The number of benzene rings is 2. The fourth-order valence-electron chi connectivity index (χ4n) is 2.48. The van der Waals surface area contributed by atoms with Crippen molar-refractivity contribution in [1.82, 2.24) is 15.0 Å². The van der Waals surface area contributed by atoms with Crippen LogP contribution in [0.5, 0.6) is 23.4 Å². The topological polar surface area (TPSA) is 86.2 Å². The Bertz CT molecular complexity index is 1140. The van der Waals surface area contributed by atoms with Gasteiger partial charge in [0.05, 0.1) is 5.56 Å². The highest BCUT2D eigenvalue weighted by atomic mass is 79.9. The van der Waals surface area contributed by atoms with E-state index in [2.05, 4.69) is 36.2 Å². The second-order valence-electron chi connectivity index (χ2n) is 6.06. The molecule has 1 amide bonds. The molecule has 4 rings (SSSR count). The number of hydrogen-bond acceptors (Lipinski definition) is 6. The number of nitrogens with zero attached hydrogens (tertiary/aromatic N) is 3. The number of halogens is 1. The van der Waals surface area contributed by atoms with E-state index < -0.39 is 0 Å². The van der Waals surface area contributed by atoms with Crippen molar-refractivity contribution in [3.8, 4) is 23.4 Å². The second-order valence-corrected chi connectivity index (χ2v) is 6.97. The van der Waals surface area contributed by atoms with E-state index in [1.54, 1.807) is 54.9 Å². The van der Waals surface area contributed by atoms with Crippen LogP contribution in [0, 0.1) is 0 Å². The fourth-order valence-corrected chi connectivity index (χ4v) is 2.86. The van der Waals surface area contributed by atoms with Gasteiger partial charge in [-0.15, -0.1) is 0 Å². The highest BCUT2D eigenvalue weighted by Crippen LogP contribution is 2.23. The Morgan fingerprint density at radius 3 is 2.33 bits per heavy atom. The summed E-state index contributed by atoms with van der Waals surface area (Å²) in [7, 11) is 0. The molecular formula is C22H15BrN4O3. The number of nitrogens with one attached hydrogen (secondary N) is 1. The summed E-state index contributed by atoms with van der Waals surface area (Å²) < 4.78 is 12.1. The van der Waals surface area contributed by atoms with Crippen LogP contribution in [0.3, 0.4) is 0 Å². The number of anilines is 1. The van der Waals surface area contributed by atoms with Crippen LogP contribution < -0.4 is 14.8 Å². The molecule has 0 atom stereocenters. The first-order valence-electron chi connectivity index (χ1n) is 8.91. The molecule has 2 aromatic carbocycles. The molecule has 0 saturated heterocycles. The minimum absolute atomic E-state index is 0.255. The zero-order chi connectivity index (χ0) is 20.8. The maximum absolute atomic E-state index is 12.5. The van der Waals surface area contributed by atoms with Crippen molar-refractivity contribution >= 4 is 27.5 Å². The largest absolute Gasteiger partial charge is 0.439 e. The zero-order valence-electron chi connectivity index (χ0n) is 15.5. The Hall–Kier alpha value is -3.78. The van der Waals surface area contributed by atoms with Crippen LogP contribution in [0.2, 0.25) is 0 Å². The molecule has 4 aromatic rings.